The zero-order valence-corrected chi connectivity index (χ0v) is 27.9. The van der Waals surface area contributed by atoms with Gasteiger partial charge in [0.2, 0.25) is 11.8 Å². The molecule has 2 amide bonds. The third-order valence-corrected chi connectivity index (χ3v) is 9.99. The zero-order chi connectivity index (χ0) is 33.4. The number of aryl methyl sites for hydroxylation is 3. The molecular formula is C37H42FN3O4S. The lowest BCUT2D eigenvalue weighted by Crippen LogP contribution is -2.54. The summed E-state index contributed by atoms with van der Waals surface area (Å²) in [5.74, 6) is -1.35. The molecule has 4 aromatic carbocycles. The standard InChI is InChI=1S/C37H42FN3O4S/c1-6-29(5)39-37(43)35(23-30-10-8-7-9-11-30)40(24-31-15-17-32(38)18-16-31)36(42)25-41(33-19-14-27(3)28(4)22-33)46(44,45)34-20-12-26(2)13-21-34/h7-22,29,35H,6,23-25H2,1-5H3,(H,39,43). The molecule has 0 aromatic heterocycles. The number of hydrogen-bond donors (Lipinski definition) is 1. The smallest absolute Gasteiger partial charge is 0.264 e. The summed E-state index contributed by atoms with van der Waals surface area (Å²) in [5.41, 5.74) is 4.51. The Morgan fingerprint density at radius 1 is 0.826 bits per heavy atom. The van der Waals surface area contributed by atoms with Crippen molar-refractivity contribution in [1.29, 1.82) is 0 Å². The molecule has 9 heteroatoms. The molecule has 242 valence electrons. The average molecular weight is 644 g/mol. The molecule has 0 aliphatic rings. The molecule has 0 saturated heterocycles. The van der Waals surface area contributed by atoms with Crippen LogP contribution in [0.15, 0.2) is 102 Å². The molecule has 4 rings (SSSR count). The highest BCUT2D eigenvalue weighted by Crippen LogP contribution is 2.27. The van der Waals surface area contributed by atoms with Crippen molar-refractivity contribution in [1.82, 2.24) is 10.2 Å². The number of halogens is 1. The van der Waals surface area contributed by atoms with Crippen LogP contribution in [0.2, 0.25) is 0 Å². The molecule has 0 aliphatic heterocycles. The van der Waals surface area contributed by atoms with Crippen LogP contribution in [0.5, 0.6) is 0 Å². The summed E-state index contributed by atoms with van der Waals surface area (Å²) < 4.78 is 43.4. The van der Waals surface area contributed by atoms with Gasteiger partial charge in [-0.05, 0) is 92.8 Å². The molecule has 0 aliphatic carbocycles. The second-order valence-electron chi connectivity index (χ2n) is 11.8. The number of anilines is 1. The first kappa shape index (κ1) is 34.4. The number of amides is 2. The number of benzene rings is 4. The third kappa shape index (κ3) is 8.60. The van der Waals surface area contributed by atoms with E-state index in [0.717, 1.165) is 26.6 Å². The number of nitrogens with one attached hydrogen (secondary N) is 1. The van der Waals surface area contributed by atoms with Crippen LogP contribution in [0.1, 0.15) is 48.1 Å². The number of carbonyl (C=O) groups is 2. The maximum absolute atomic E-state index is 14.5. The van der Waals surface area contributed by atoms with Crippen LogP contribution in [-0.4, -0.2) is 43.8 Å². The van der Waals surface area contributed by atoms with Crippen LogP contribution in [0.4, 0.5) is 10.1 Å². The largest absolute Gasteiger partial charge is 0.352 e. The van der Waals surface area contributed by atoms with Gasteiger partial charge >= 0.3 is 0 Å². The molecule has 46 heavy (non-hydrogen) atoms. The van der Waals surface area contributed by atoms with Crippen molar-refractivity contribution in [3.05, 3.63) is 131 Å². The van der Waals surface area contributed by atoms with Crippen molar-refractivity contribution < 1.29 is 22.4 Å². The van der Waals surface area contributed by atoms with Crippen LogP contribution in [0.25, 0.3) is 0 Å². The van der Waals surface area contributed by atoms with Crippen LogP contribution < -0.4 is 9.62 Å². The van der Waals surface area contributed by atoms with Gasteiger partial charge in [0.1, 0.15) is 18.4 Å². The number of hydrogen-bond acceptors (Lipinski definition) is 4. The summed E-state index contributed by atoms with van der Waals surface area (Å²) in [5, 5.41) is 3.02. The van der Waals surface area contributed by atoms with E-state index in [-0.39, 0.29) is 29.8 Å². The highest BCUT2D eigenvalue weighted by Gasteiger charge is 2.35. The monoisotopic (exact) mass is 643 g/mol. The second kappa shape index (κ2) is 15.2. The van der Waals surface area contributed by atoms with Crippen molar-refractivity contribution in [2.75, 3.05) is 10.8 Å². The first-order valence-corrected chi connectivity index (χ1v) is 16.9. The summed E-state index contributed by atoms with van der Waals surface area (Å²) in [6, 6.07) is 25.7. The van der Waals surface area contributed by atoms with Crippen LogP contribution in [0.3, 0.4) is 0 Å². The van der Waals surface area contributed by atoms with Crippen LogP contribution in [-0.2, 0) is 32.6 Å². The van der Waals surface area contributed by atoms with Gasteiger partial charge in [-0.2, -0.15) is 0 Å². The Morgan fingerprint density at radius 2 is 1.48 bits per heavy atom. The molecule has 0 radical (unpaired) electrons. The molecule has 0 fully saturated rings. The first-order chi connectivity index (χ1) is 21.9. The van der Waals surface area contributed by atoms with Gasteiger partial charge in [-0.1, -0.05) is 73.2 Å². The van der Waals surface area contributed by atoms with Gasteiger partial charge in [0.25, 0.3) is 10.0 Å². The number of nitrogens with zero attached hydrogens (tertiary/aromatic N) is 2. The summed E-state index contributed by atoms with van der Waals surface area (Å²) in [4.78, 5) is 29.9. The van der Waals surface area contributed by atoms with E-state index in [1.165, 1.54) is 29.2 Å². The lowest BCUT2D eigenvalue weighted by Gasteiger charge is -2.34. The molecule has 0 spiro atoms. The minimum Gasteiger partial charge on any atom is -0.352 e. The van der Waals surface area contributed by atoms with Gasteiger partial charge in [-0.3, -0.25) is 13.9 Å². The SMILES string of the molecule is CCC(C)NC(=O)C(Cc1ccccc1)N(Cc1ccc(F)cc1)C(=O)CN(c1ccc(C)c(C)c1)S(=O)(=O)c1ccc(C)cc1. The van der Waals surface area contributed by atoms with Crippen LogP contribution in [0, 0.1) is 26.6 Å². The van der Waals surface area contributed by atoms with E-state index in [9.17, 15) is 22.4 Å². The Kier molecular flexibility index (Phi) is 11.4. The normalized spacial score (nSPS) is 12.7. The third-order valence-electron chi connectivity index (χ3n) is 8.20. The quantitative estimate of drug-likeness (QED) is 0.180. The maximum atomic E-state index is 14.5. The van der Waals surface area contributed by atoms with Gasteiger partial charge in [-0.25, -0.2) is 12.8 Å². The van der Waals surface area contributed by atoms with E-state index >= 15 is 0 Å². The van der Waals surface area contributed by atoms with E-state index in [0.29, 0.717) is 17.7 Å². The summed E-state index contributed by atoms with van der Waals surface area (Å²) in [6.07, 6.45) is 0.884. The minimum atomic E-state index is -4.20. The summed E-state index contributed by atoms with van der Waals surface area (Å²) in [7, 11) is -4.20. The lowest BCUT2D eigenvalue weighted by atomic mass is 10.0. The van der Waals surface area contributed by atoms with E-state index in [1.54, 1.807) is 36.4 Å². The number of carbonyl (C=O) groups excluding carboxylic acids is 2. The molecule has 0 bridgehead atoms. The molecule has 0 heterocycles. The fourth-order valence-electron chi connectivity index (χ4n) is 5.03. The topological polar surface area (TPSA) is 86.8 Å². The predicted molar refractivity (Wildman–Crippen MR) is 180 cm³/mol. The lowest BCUT2D eigenvalue weighted by molar-refractivity contribution is -0.140. The van der Waals surface area contributed by atoms with Crippen molar-refractivity contribution in [3.8, 4) is 0 Å². The molecule has 0 saturated carbocycles. The van der Waals surface area contributed by atoms with Crippen molar-refractivity contribution in [2.24, 2.45) is 0 Å². The highest BCUT2D eigenvalue weighted by molar-refractivity contribution is 7.92. The van der Waals surface area contributed by atoms with E-state index < -0.39 is 34.3 Å². The fraction of sp³-hybridized carbons (Fsp3) is 0.297. The number of rotatable bonds is 13. The Morgan fingerprint density at radius 3 is 2.09 bits per heavy atom. The first-order valence-electron chi connectivity index (χ1n) is 15.4. The highest BCUT2D eigenvalue weighted by atomic mass is 32.2. The Hall–Kier alpha value is -4.50. The molecule has 2 atom stereocenters. The van der Waals surface area contributed by atoms with Crippen molar-refractivity contribution >= 4 is 27.5 Å². The van der Waals surface area contributed by atoms with E-state index in [2.05, 4.69) is 5.32 Å². The van der Waals surface area contributed by atoms with Gasteiger partial charge in [-0.15, -0.1) is 0 Å². The van der Waals surface area contributed by atoms with Crippen molar-refractivity contribution in [3.63, 3.8) is 0 Å². The predicted octanol–water partition coefficient (Wildman–Crippen LogP) is 6.50. The Labute approximate surface area is 272 Å². The average Bonchev–Trinajstić information content (AvgIpc) is 3.04. The molecule has 7 nitrogen and oxygen atoms in total. The zero-order valence-electron chi connectivity index (χ0n) is 27.0. The fourth-order valence-corrected chi connectivity index (χ4v) is 6.43. The minimum absolute atomic E-state index is 0.0319. The van der Waals surface area contributed by atoms with Gasteiger partial charge < -0.3 is 10.2 Å². The van der Waals surface area contributed by atoms with Gasteiger partial charge in [0.05, 0.1) is 10.6 Å². The number of sulfonamides is 1. The summed E-state index contributed by atoms with van der Waals surface area (Å²) in [6.45, 7) is 8.93. The van der Waals surface area contributed by atoms with Gasteiger partial charge in [0.15, 0.2) is 0 Å². The molecule has 1 N–H and O–H groups in total. The van der Waals surface area contributed by atoms with E-state index in [1.807, 2.05) is 71.0 Å². The van der Waals surface area contributed by atoms with Crippen molar-refractivity contribution in [2.45, 2.75) is 71.0 Å². The van der Waals surface area contributed by atoms with E-state index in [4.69, 9.17) is 0 Å². The summed E-state index contributed by atoms with van der Waals surface area (Å²) >= 11 is 0. The Bertz CT molecular complexity index is 1740. The maximum Gasteiger partial charge on any atom is 0.264 e. The molecule has 2 unspecified atom stereocenters. The molecule has 4 aromatic rings. The van der Waals surface area contributed by atoms with Crippen LogP contribution >= 0.6 is 0 Å². The molecular weight excluding hydrogens is 601 g/mol. The Balaban J connectivity index is 1.82. The second-order valence-corrected chi connectivity index (χ2v) is 13.6. The van der Waals surface area contributed by atoms with Gasteiger partial charge in [0, 0.05) is 19.0 Å².